The smallest absolute Gasteiger partial charge is 0.191 e. The standard InChI is InChI=1S/C16H26ClN3O2/c1-16(2,22-5)11-20-15(18-3)19-9-8-12-6-7-13(21-4)10-14(12)17/h6-7,10H,8-9,11H2,1-5H3,(H2,18,19,20). The van der Waals surface area contributed by atoms with Crippen molar-refractivity contribution in [1.82, 2.24) is 10.6 Å². The molecule has 1 aromatic carbocycles. The molecule has 22 heavy (non-hydrogen) atoms. The Labute approximate surface area is 138 Å². The van der Waals surface area contributed by atoms with Gasteiger partial charge < -0.3 is 20.1 Å². The monoisotopic (exact) mass is 327 g/mol. The molecule has 1 aromatic rings. The highest BCUT2D eigenvalue weighted by molar-refractivity contribution is 6.31. The average molecular weight is 328 g/mol. The van der Waals surface area contributed by atoms with Gasteiger partial charge in [0, 0.05) is 32.3 Å². The van der Waals surface area contributed by atoms with Crippen molar-refractivity contribution in [3.63, 3.8) is 0 Å². The number of rotatable bonds is 7. The lowest BCUT2D eigenvalue weighted by Crippen LogP contribution is -2.45. The number of hydrogen-bond donors (Lipinski definition) is 2. The van der Waals surface area contributed by atoms with Crippen LogP contribution in [0.5, 0.6) is 5.75 Å². The van der Waals surface area contributed by atoms with Gasteiger partial charge in [0.05, 0.1) is 12.7 Å². The van der Waals surface area contributed by atoms with E-state index in [0.29, 0.717) is 11.6 Å². The Hall–Kier alpha value is -1.46. The number of hydrogen-bond acceptors (Lipinski definition) is 3. The number of ether oxygens (including phenoxy) is 2. The number of benzene rings is 1. The van der Waals surface area contributed by atoms with Crippen LogP contribution in [0.2, 0.25) is 5.02 Å². The molecule has 0 radical (unpaired) electrons. The van der Waals surface area contributed by atoms with Crippen LogP contribution in [-0.4, -0.2) is 45.9 Å². The minimum atomic E-state index is -0.239. The van der Waals surface area contributed by atoms with Crippen molar-refractivity contribution in [2.24, 2.45) is 4.99 Å². The van der Waals surface area contributed by atoms with E-state index in [2.05, 4.69) is 15.6 Å². The van der Waals surface area contributed by atoms with Gasteiger partial charge in [-0.05, 0) is 38.0 Å². The summed E-state index contributed by atoms with van der Waals surface area (Å²) < 4.78 is 10.5. The van der Waals surface area contributed by atoms with Crippen LogP contribution >= 0.6 is 11.6 Å². The molecule has 124 valence electrons. The number of methoxy groups -OCH3 is 2. The predicted octanol–water partition coefficient (Wildman–Crippen LogP) is 2.48. The van der Waals surface area contributed by atoms with Crippen molar-refractivity contribution < 1.29 is 9.47 Å². The van der Waals surface area contributed by atoms with Crippen LogP contribution in [0.1, 0.15) is 19.4 Å². The molecule has 1 rings (SSSR count). The van der Waals surface area contributed by atoms with E-state index in [9.17, 15) is 0 Å². The van der Waals surface area contributed by atoms with Gasteiger partial charge in [0.15, 0.2) is 5.96 Å². The molecule has 0 aromatic heterocycles. The Morgan fingerprint density at radius 2 is 2.00 bits per heavy atom. The van der Waals surface area contributed by atoms with Crippen molar-refractivity contribution >= 4 is 17.6 Å². The minimum Gasteiger partial charge on any atom is -0.497 e. The number of nitrogens with zero attached hydrogens (tertiary/aromatic N) is 1. The van der Waals surface area contributed by atoms with E-state index in [1.165, 1.54) is 0 Å². The van der Waals surface area contributed by atoms with E-state index in [1.54, 1.807) is 21.3 Å². The average Bonchev–Trinajstić information content (AvgIpc) is 2.51. The van der Waals surface area contributed by atoms with Crippen LogP contribution in [0.15, 0.2) is 23.2 Å². The summed E-state index contributed by atoms with van der Waals surface area (Å²) >= 11 is 6.23. The Morgan fingerprint density at radius 1 is 1.27 bits per heavy atom. The molecule has 0 fully saturated rings. The first kappa shape index (κ1) is 18.6. The Morgan fingerprint density at radius 3 is 2.55 bits per heavy atom. The van der Waals surface area contributed by atoms with Gasteiger partial charge >= 0.3 is 0 Å². The van der Waals surface area contributed by atoms with Gasteiger partial charge in [-0.1, -0.05) is 17.7 Å². The van der Waals surface area contributed by atoms with Crippen molar-refractivity contribution in [2.75, 3.05) is 34.4 Å². The van der Waals surface area contributed by atoms with Crippen molar-refractivity contribution in [1.29, 1.82) is 0 Å². The van der Waals surface area contributed by atoms with E-state index in [1.807, 2.05) is 32.0 Å². The van der Waals surface area contributed by atoms with Crippen LogP contribution in [0.25, 0.3) is 0 Å². The molecule has 0 saturated heterocycles. The Bertz CT molecular complexity index is 504. The summed E-state index contributed by atoms with van der Waals surface area (Å²) in [6.45, 7) is 5.44. The van der Waals surface area contributed by atoms with E-state index < -0.39 is 0 Å². The van der Waals surface area contributed by atoms with Crippen molar-refractivity contribution in [2.45, 2.75) is 25.9 Å². The zero-order valence-corrected chi connectivity index (χ0v) is 14.8. The molecular formula is C16H26ClN3O2. The third kappa shape index (κ3) is 6.12. The predicted molar refractivity (Wildman–Crippen MR) is 92.2 cm³/mol. The maximum atomic E-state index is 6.23. The van der Waals surface area contributed by atoms with Crippen molar-refractivity contribution in [3.05, 3.63) is 28.8 Å². The second kappa shape index (κ2) is 8.86. The molecule has 0 amide bonds. The van der Waals surface area contributed by atoms with Crippen LogP contribution in [0, 0.1) is 0 Å². The fourth-order valence-electron chi connectivity index (χ4n) is 1.76. The lowest BCUT2D eigenvalue weighted by atomic mass is 10.1. The molecule has 2 N–H and O–H groups in total. The summed E-state index contributed by atoms with van der Waals surface area (Å²) in [6, 6.07) is 5.72. The van der Waals surface area contributed by atoms with Gasteiger partial charge in [-0.3, -0.25) is 4.99 Å². The van der Waals surface area contributed by atoms with Gasteiger partial charge in [-0.2, -0.15) is 0 Å². The summed E-state index contributed by atoms with van der Waals surface area (Å²) in [5.74, 6) is 1.51. The second-order valence-electron chi connectivity index (χ2n) is 5.52. The van der Waals surface area contributed by atoms with E-state index in [4.69, 9.17) is 21.1 Å². The SMILES string of the molecule is CN=C(NCCc1ccc(OC)cc1Cl)NCC(C)(C)OC. The summed E-state index contributed by atoms with van der Waals surface area (Å²) in [5, 5.41) is 7.22. The number of guanidine groups is 1. The van der Waals surface area contributed by atoms with Crippen LogP contribution < -0.4 is 15.4 Å². The first-order valence-corrected chi connectivity index (χ1v) is 7.61. The lowest BCUT2D eigenvalue weighted by molar-refractivity contribution is 0.0268. The molecule has 0 aliphatic rings. The maximum absolute atomic E-state index is 6.23. The molecule has 0 spiro atoms. The highest BCUT2D eigenvalue weighted by Crippen LogP contribution is 2.22. The van der Waals surface area contributed by atoms with E-state index >= 15 is 0 Å². The summed E-state index contributed by atoms with van der Waals surface area (Å²) in [6.07, 6.45) is 0.803. The first-order valence-electron chi connectivity index (χ1n) is 7.24. The van der Waals surface area contributed by atoms with E-state index in [0.717, 1.165) is 30.2 Å². The zero-order chi connectivity index (χ0) is 16.6. The number of halogens is 1. The molecule has 5 nitrogen and oxygen atoms in total. The fourth-order valence-corrected chi connectivity index (χ4v) is 2.03. The van der Waals surface area contributed by atoms with Gasteiger partial charge in [-0.25, -0.2) is 0 Å². The largest absolute Gasteiger partial charge is 0.497 e. The molecule has 0 unspecified atom stereocenters. The summed E-state index contributed by atoms with van der Waals surface area (Å²) in [7, 11) is 5.07. The minimum absolute atomic E-state index is 0.239. The first-order chi connectivity index (χ1) is 10.4. The molecule has 0 saturated carbocycles. The van der Waals surface area contributed by atoms with Gasteiger partial charge in [0.1, 0.15) is 5.75 Å². The summed E-state index contributed by atoms with van der Waals surface area (Å²) in [4.78, 5) is 4.19. The quantitative estimate of drug-likeness (QED) is 0.597. The highest BCUT2D eigenvalue weighted by Gasteiger charge is 2.16. The fraction of sp³-hybridized carbons (Fsp3) is 0.562. The lowest BCUT2D eigenvalue weighted by Gasteiger charge is -2.24. The topological polar surface area (TPSA) is 54.9 Å². The highest BCUT2D eigenvalue weighted by atomic mass is 35.5. The van der Waals surface area contributed by atoms with Crippen LogP contribution in [0.3, 0.4) is 0 Å². The van der Waals surface area contributed by atoms with Crippen LogP contribution in [0.4, 0.5) is 0 Å². The summed E-state index contributed by atoms with van der Waals surface area (Å²) in [5.41, 5.74) is 0.833. The molecule has 0 bridgehead atoms. The van der Waals surface area contributed by atoms with E-state index in [-0.39, 0.29) is 5.60 Å². The maximum Gasteiger partial charge on any atom is 0.191 e. The third-order valence-electron chi connectivity index (χ3n) is 3.40. The molecular weight excluding hydrogens is 302 g/mol. The molecule has 0 aliphatic heterocycles. The second-order valence-corrected chi connectivity index (χ2v) is 5.93. The molecule has 6 heteroatoms. The van der Waals surface area contributed by atoms with Gasteiger partial charge in [-0.15, -0.1) is 0 Å². The Kier molecular flexibility index (Phi) is 7.48. The molecule has 0 heterocycles. The van der Waals surface area contributed by atoms with Crippen molar-refractivity contribution in [3.8, 4) is 5.75 Å². The zero-order valence-electron chi connectivity index (χ0n) is 14.0. The molecule has 0 aliphatic carbocycles. The third-order valence-corrected chi connectivity index (χ3v) is 3.76. The molecule has 0 atom stereocenters. The normalized spacial score (nSPS) is 12.2. The van der Waals surface area contributed by atoms with Gasteiger partial charge in [0.2, 0.25) is 0 Å². The number of nitrogens with one attached hydrogen (secondary N) is 2. The van der Waals surface area contributed by atoms with Crippen LogP contribution in [-0.2, 0) is 11.2 Å². The van der Waals surface area contributed by atoms with Gasteiger partial charge in [0.25, 0.3) is 0 Å². The Balaban J connectivity index is 2.45. The number of aliphatic imine (C=N–C) groups is 1.